The molecule has 1 aliphatic rings. The summed E-state index contributed by atoms with van der Waals surface area (Å²) in [5, 5.41) is 0. The van der Waals surface area contributed by atoms with Crippen LogP contribution in [0.15, 0.2) is 0 Å². The molecule has 1 fully saturated rings. The maximum Gasteiger partial charge on any atom is 0.303 e. The molecule has 0 amide bonds. The lowest BCUT2D eigenvalue weighted by Gasteiger charge is -2.40. The maximum absolute atomic E-state index is 11.2. The number of hydrogen-bond donors (Lipinski definition) is 0. The molecule has 1 rings (SSSR count). The van der Waals surface area contributed by atoms with Gasteiger partial charge in [-0.25, -0.2) is 0 Å². The zero-order valence-corrected chi connectivity index (χ0v) is 11.4. The highest BCUT2D eigenvalue weighted by Gasteiger charge is 2.43. The number of rotatable bonds is 6. The van der Waals surface area contributed by atoms with Crippen LogP contribution in [0.5, 0.6) is 0 Å². The molecular weight excluding hydrogens is 240 g/mol. The van der Waals surface area contributed by atoms with E-state index in [1.165, 1.54) is 6.92 Å². The summed E-state index contributed by atoms with van der Waals surface area (Å²) in [6, 6.07) is 0. The maximum atomic E-state index is 11.2. The van der Waals surface area contributed by atoms with Gasteiger partial charge < -0.3 is 23.7 Å². The summed E-state index contributed by atoms with van der Waals surface area (Å²) in [5.41, 5.74) is 0. The van der Waals surface area contributed by atoms with Gasteiger partial charge >= 0.3 is 5.97 Å². The van der Waals surface area contributed by atoms with Crippen LogP contribution >= 0.6 is 0 Å². The Morgan fingerprint density at radius 1 is 1.28 bits per heavy atom. The highest BCUT2D eigenvalue weighted by atomic mass is 16.6. The Balaban J connectivity index is 2.74. The van der Waals surface area contributed by atoms with E-state index in [4.69, 9.17) is 23.7 Å². The Hall–Kier alpha value is -0.690. The quantitative estimate of drug-likeness (QED) is 0.645. The summed E-state index contributed by atoms with van der Waals surface area (Å²) in [5.74, 6) is -0.371. The van der Waals surface area contributed by atoms with Crippen molar-refractivity contribution in [3.63, 3.8) is 0 Å². The number of esters is 1. The minimum atomic E-state index is -0.516. The van der Waals surface area contributed by atoms with Crippen molar-refractivity contribution in [2.45, 2.75) is 38.3 Å². The van der Waals surface area contributed by atoms with Crippen molar-refractivity contribution in [1.82, 2.24) is 0 Å². The van der Waals surface area contributed by atoms with Crippen molar-refractivity contribution in [2.24, 2.45) is 0 Å². The van der Waals surface area contributed by atoms with E-state index in [9.17, 15) is 4.79 Å². The summed E-state index contributed by atoms with van der Waals surface area (Å²) in [7, 11) is 3.14. The van der Waals surface area contributed by atoms with Gasteiger partial charge in [0, 0.05) is 27.8 Å². The van der Waals surface area contributed by atoms with E-state index in [1.807, 2.05) is 6.92 Å². The summed E-state index contributed by atoms with van der Waals surface area (Å²) >= 11 is 0. The molecule has 0 aromatic heterocycles. The van der Waals surface area contributed by atoms with Crippen LogP contribution in [0.1, 0.15) is 13.8 Å². The number of ether oxygens (including phenoxy) is 5. The highest BCUT2D eigenvalue weighted by Crippen LogP contribution is 2.23. The molecule has 1 heterocycles. The van der Waals surface area contributed by atoms with Gasteiger partial charge in [-0.15, -0.1) is 0 Å². The van der Waals surface area contributed by atoms with Crippen molar-refractivity contribution in [3.05, 3.63) is 0 Å². The average Bonchev–Trinajstić information content (AvgIpc) is 2.36. The predicted molar refractivity (Wildman–Crippen MR) is 63.4 cm³/mol. The number of carbonyl (C=O) groups excluding carboxylic acids is 1. The summed E-state index contributed by atoms with van der Waals surface area (Å²) < 4.78 is 26.9. The molecule has 0 spiro atoms. The highest BCUT2D eigenvalue weighted by molar-refractivity contribution is 5.66. The van der Waals surface area contributed by atoms with Crippen LogP contribution < -0.4 is 0 Å². The molecule has 0 aromatic rings. The molecule has 4 atom stereocenters. The molecule has 0 aromatic carbocycles. The normalized spacial score (nSPS) is 32.2. The molecule has 6 heteroatoms. The monoisotopic (exact) mass is 262 g/mol. The molecule has 6 nitrogen and oxygen atoms in total. The fourth-order valence-electron chi connectivity index (χ4n) is 2.03. The van der Waals surface area contributed by atoms with Crippen LogP contribution in [0.25, 0.3) is 0 Å². The minimum Gasteiger partial charge on any atom is -0.457 e. The lowest BCUT2D eigenvalue weighted by molar-refractivity contribution is -0.225. The average molecular weight is 262 g/mol. The van der Waals surface area contributed by atoms with E-state index in [0.29, 0.717) is 19.8 Å². The molecule has 4 unspecified atom stereocenters. The zero-order chi connectivity index (χ0) is 13.5. The van der Waals surface area contributed by atoms with Crippen LogP contribution in [0.4, 0.5) is 0 Å². The Kier molecular flexibility index (Phi) is 6.56. The van der Waals surface area contributed by atoms with Crippen LogP contribution in [-0.4, -0.2) is 64.4 Å². The molecule has 18 heavy (non-hydrogen) atoms. The third-order valence-corrected chi connectivity index (χ3v) is 2.89. The van der Waals surface area contributed by atoms with Crippen molar-refractivity contribution in [3.8, 4) is 0 Å². The van der Waals surface area contributed by atoms with E-state index in [1.54, 1.807) is 14.2 Å². The summed E-state index contributed by atoms with van der Waals surface area (Å²) in [6.07, 6.45) is -1.45. The fraction of sp³-hybridized carbons (Fsp3) is 0.917. The molecular formula is C12H22O6. The molecule has 1 aliphatic heterocycles. The zero-order valence-electron chi connectivity index (χ0n) is 11.4. The van der Waals surface area contributed by atoms with Crippen molar-refractivity contribution in [2.75, 3.05) is 34.0 Å². The van der Waals surface area contributed by atoms with Crippen LogP contribution in [0, 0.1) is 0 Å². The van der Waals surface area contributed by atoms with Crippen molar-refractivity contribution < 1.29 is 28.5 Å². The van der Waals surface area contributed by atoms with Gasteiger partial charge in [0.1, 0.15) is 18.3 Å². The second kappa shape index (κ2) is 7.68. The Morgan fingerprint density at radius 3 is 2.50 bits per heavy atom. The van der Waals surface area contributed by atoms with E-state index in [0.717, 1.165) is 0 Å². The Bertz CT molecular complexity index is 257. The number of methoxy groups -OCH3 is 2. The topological polar surface area (TPSA) is 63.2 Å². The first-order valence-corrected chi connectivity index (χ1v) is 6.06. The third kappa shape index (κ3) is 3.91. The van der Waals surface area contributed by atoms with Gasteiger partial charge in [-0.1, -0.05) is 0 Å². The predicted octanol–water partition coefficient (Wildman–Crippen LogP) is 0.383. The molecule has 0 N–H and O–H groups in total. The van der Waals surface area contributed by atoms with Gasteiger partial charge in [0.05, 0.1) is 13.2 Å². The first-order chi connectivity index (χ1) is 8.63. The SMILES string of the molecule is CCOCC1OCC(OC)C(OC)C1OC(C)=O. The van der Waals surface area contributed by atoms with Gasteiger partial charge in [-0.2, -0.15) is 0 Å². The molecule has 0 saturated carbocycles. The van der Waals surface area contributed by atoms with E-state index >= 15 is 0 Å². The fourth-order valence-corrected chi connectivity index (χ4v) is 2.03. The minimum absolute atomic E-state index is 0.253. The lowest BCUT2D eigenvalue weighted by Crippen LogP contribution is -2.57. The van der Waals surface area contributed by atoms with Crippen LogP contribution in [0.3, 0.4) is 0 Å². The Labute approximate surface area is 107 Å². The van der Waals surface area contributed by atoms with E-state index in [-0.39, 0.29) is 24.3 Å². The van der Waals surface area contributed by atoms with Gasteiger partial charge in [0.2, 0.25) is 0 Å². The summed E-state index contributed by atoms with van der Waals surface area (Å²) in [4.78, 5) is 11.2. The smallest absolute Gasteiger partial charge is 0.303 e. The van der Waals surface area contributed by atoms with Crippen LogP contribution in [-0.2, 0) is 28.5 Å². The van der Waals surface area contributed by atoms with Gasteiger partial charge in [-0.05, 0) is 6.92 Å². The second-order valence-electron chi connectivity index (χ2n) is 4.08. The van der Waals surface area contributed by atoms with Crippen molar-refractivity contribution >= 4 is 5.97 Å². The largest absolute Gasteiger partial charge is 0.457 e. The molecule has 0 bridgehead atoms. The summed E-state index contributed by atoms with van der Waals surface area (Å²) in [6.45, 7) is 4.60. The third-order valence-electron chi connectivity index (χ3n) is 2.89. The van der Waals surface area contributed by atoms with E-state index in [2.05, 4.69) is 0 Å². The van der Waals surface area contributed by atoms with Gasteiger partial charge in [-0.3, -0.25) is 4.79 Å². The molecule has 106 valence electrons. The van der Waals surface area contributed by atoms with Gasteiger partial charge in [0.15, 0.2) is 6.10 Å². The van der Waals surface area contributed by atoms with Crippen molar-refractivity contribution in [1.29, 1.82) is 0 Å². The number of hydrogen-bond acceptors (Lipinski definition) is 6. The molecule has 0 radical (unpaired) electrons. The van der Waals surface area contributed by atoms with Crippen LogP contribution in [0.2, 0.25) is 0 Å². The first kappa shape index (κ1) is 15.4. The standard InChI is InChI=1S/C12H22O6/c1-5-16-6-10-12(18-8(2)13)11(15-4)9(14-3)7-17-10/h9-12H,5-7H2,1-4H3. The lowest BCUT2D eigenvalue weighted by atomic mass is 10.00. The first-order valence-electron chi connectivity index (χ1n) is 6.06. The second-order valence-corrected chi connectivity index (χ2v) is 4.08. The Morgan fingerprint density at radius 2 is 2.00 bits per heavy atom. The molecule has 1 saturated heterocycles. The number of carbonyl (C=O) groups is 1. The van der Waals surface area contributed by atoms with Gasteiger partial charge in [0.25, 0.3) is 0 Å². The van der Waals surface area contributed by atoms with E-state index < -0.39 is 6.10 Å². The molecule has 0 aliphatic carbocycles.